The van der Waals surface area contributed by atoms with Crippen molar-refractivity contribution in [1.29, 1.82) is 0 Å². The summed E-state index contributed by atoms with van der Waals surface area (Å²) in [6.07, 6.45) is 3.46. The summed E-state index contributed by atoms with van der Waals surface area (Å²) in [5.41, 5.74) is 4.46. The highest BCUT2D eigenvalue weighted by atomic mass is 16.3. The van der Waals surface area contributed by atoms with Crippen molar-refractivity contribution < 1.29 is 4.42 Å². The fourth-order valence-corrected chi connectivity index (χ4v) is 2.75. The number of hydrogen-bond acceptors (Lipinski definition) is 3. The lowest BCUT2D eigenvalue weighted by molar-refractivity contribution is 0.572. The molecule has 0 saturated carbocycles. The standard InChI is InChI=1S/C22H26N4O/c1-17-8-10-19(11-9-17)21-26-20(16-27-21)13-15-25-22(23-2)24-14-12-18-6-4-3-5-7-18/h3-11,16H,12-15H2,1-2H3,(H2,23,24,25). The Balaban J connectivity index is 1.42. The van der Waals surface area contributed by atoms with Crippen molar-refractivity contribution >= 4 is 5.96 Å². The largest absolute Gasteiger partial charge is 0.444 e. The predicted molar refractivity (Wildman–Crippen MR) is 110 cm³/mol. The molecule has 0 aliphatic carbocycles. The molecule has 0 unspecified atom stereocenters. The Labute approximate surface area is 160 Å². The minimum atomic E-state index is 0.662. The third kappa shape index (κ3) is 5.71. The van der Waals surface area contributed by atoms with Crippen LogP contribution in [-0.2, 0) is 12.8 Å². The Morgan fingerprint density at radius 1 is 0.963 bits per heavy atom. The summed E-state index contributed by atoms with van der Waals surface area (Å²) in [5, 5.41) is 6.65. The highest BCUT2D eigenvalue weighted by molar-refractivity contribution is 5.79. The van der Waals surface area contributed by atoms with Crippen LogP contribution in [0.5, 0.6) is 0 Å². The first-order valence-electron chi connectivity index (χ1n) is 9.24. The molecule has 0 atom stereocenters. The number of oxazole rings is 1. The molecule has 27 heavy (non-hydrogen) atoms. The van der Waals surface area contributed by atoms with E-state index >= 15 is 0 Å². The van der Waals surface area contributed by atoms with E-state index in [1.165, 1.54) is 11.1 Å². The molecule has 1 aromatic heterocycles. The number of nitrogens with one attached hydrogen (secondary N) is 2. The zero-order valence-corrected chi connectivity index (χ0v) is 15.9. The first-order chi connectivity index (χ1) is 13.2. The van der Waals surface area contributed by atoms with Gasteiger partial charge < -0.3 is 15.1 Å². The highest BCUT2D eigenvalue weighted by Gasteiger charge is 2.07. The summed E-state index contributed by atoms with van der Waals surface area (Å²) in [6, 6.07) is 18.6. The first kappa shape index (κ1) is 18.7. The molecule has 1 heterocycles. The van der Waals surface area contributed by atoms with E-state index in [1.54, 1.807) is 13.3 Å². The van der Waals surface area contributed by atoms with Gasteiger partial charge in [-0.3, -0.25) is 4.99 Å². The maximum atomic E-state index is 5.60. The van der Waals surface area contributed by atoms with Crippen molar-refractivity contribution in [2.24, 2.45) is 4.99 Å². The van der Waals surface area contributed by atoms with Crippen LogP contribution in [0.25, 0.3) is 11.5 Å². The van der Waals surface area contributed by atoms with E-state index in [2.05, 4.69) is 63.9 Å². The van der Waals surface area contributed by atoms with Gasteiger partial charge >= 0.3 is 0 Å². The average Bonchev–Trinajstić information content (AvgIpc) is 3.17. The molecule has 0 fully saturated rings. The third-order valence-electron chi connectivity index (χ3n) is 4.30. The van der Waals surface area contributed by atoms with E-state index in [1.807, 2.05) is 18.2 Å². The molecule has 0 radical (unpaired) electrons. The predicted octanol–water partition coefficient (Wildman–Crippen LogP) is 3.60. The summed E-state index contributed by atoms with van der Waals surface area (Å²) in [6.45, 7) is 3.65. The zero-order chi connectivity index (χ0) is 18.9. The van der Waals surface area contributed by atoms with Crippen molar-refractivity contribution in [3.8, 4) is 11.5 Å². The van der Waals surface area contributed by atoms with Crippen LogP contribution in [0.2, 0.25) is 0 Å². The normalized spacial score (nSPS) is 11.4. The number of guanidine groups is 1. The maximum absolute atomic E-state index is 5.60. The monoisotopic (exact) mass is 362 g/mol. The lowest BCUT2D eigenvalue weighted by atomic mass is 10.1. The van der Waals surface area contributed by atoms with E-state index in [0.717, 1.165) is 43.1 Å². The Kier molecular flexibility index (Phi) is 6.63. The number of aromatic nitrogens is 1. The van der Waals surface area contributed by atoms with E-state index in [0.29, 0.717) is 5.89 Å². The van der Waals surface area contributed by atoms with Gasteiger partial charge in [-0.05, 0) is 31.0 Å². The molecule has 2 N–H and O–H groups in total. The molecule has 5 nitrogen and oxygen atoms in total. The fourth-order valence-electron chi connectivity index (χ4n) is 2.75. The van der Waals surface area contributed by atoms with Gasteiger partial charge in [-0.2, -0.15) is 0 Å². The summed E-state index contributed by atoms with van der Waals surface area (Å²) in [4.78, 5) is 8.83. The summed E-state index contributed by atoms with van der Waals surface area (Å²) < 4.78 is 5.60. The zero-order valence-electron chi connectivity index (χ0n) is 15.9. The second kappa shape index (κ2) is 9.57. The minimum absolute atomic E-state index is 0.662. The summed E-state index contributed by atoms with van der Waals surface area (Å²) >= 11 is 0. The van der Waals surface area contributed by atoms with Gasteiger partial charge in [0.1, 0.15) is 6.26 Å². The fraction of sp³-hybridized carbons (Fsp3) is 0.273. The molecule has 3 aromatic rings. The van der Waals surface area contributed by atoms with E-state index in [9.17, 15) is 0 Å². The molecule has 140 valence electrons. The van der Waals surface area contributed by atoms with Crippen LogP contribution in [0.3, 0.4) is 0 Å². The van der Waals surface area contributed by atoms with Crippen molar-refractivity contribution in [3.63, 3.8) is 0 Å². The van der Waals surface area contributed by atoms with Gasteiger partial charge in [0.2, 0.25) is 5.89 Å². The number of benzene rings is 2. The Morgan fingerprint density at radius 3 is 2.37 bits per heavy atom. The summed E-state index contributed by atoms with van der Waals surface area (Å²) in [7, 11) is 1.78. The smallest absolute Gasteiger partial charge is 0.226 e. The van der Waals surface area contributed by atoms with Gasteiger partial charge in [-0.1, -0.05) is 48.0 Å². The SMILES string of the molecule is CN=C(NCCc1ccccc1)NCCc1coc(-c2ccc(C)cc2)n1. The van der Waals surface area contributed by atoms with Crippen LogP contribution >= 0.6 is 0 Å². The molecule has 0 aliphatic rings. The number of rotatable bonds is 7. The van der Waals surface area contributed by atoms with Crippen molar-refractivity contribution in [1.82, 2.24) is 15.6 Å². The number of aryl methyl sites for hydroxylation is 1. The molecule has 3 rings (SSSR count). The number of nitrogens with zero attached hydrogens (tertiary/aromatic N) is 2. The van der Waals surface area contributed by atoms with Crippen molar-refractivity contribution in [3.05, 3.63) is 77.7 Å². The van der Waals surface area contributed by atoms with Crippen LogP contribution in [0, 0.1) is 6.92 Å². The molecule has 2 aromatic carbocycles. The second-order valence-electron chi connectivity index (χ2n) is 6.42. The minimum Gasteiger partial charge on any atom is -0.444 e. The highest BCUT2D eigenvalue weighted by Crippen LogP contribution is 2.19. The van der Waals surface area contributed by atoms with Gasteiger partial charge in [-0.25, -0.2) is 4.98 Å². The van der Waals surface area contributed by atoms with E-state index in [-0.39, 0.29) is 0 Å². The topological polar surface area (TPSA) is 62.5 Å². The van der Waals surface area contributed by atoms with Crippen LogP contribution < -0.4 is 10.6 Å². The van der Waals surface area contributed by atoms with Gasteiger partial charge in [0, 0.05) is 32.1 Å². The maximum Gasteiger partial charge on any atom is 0.226 e. The lowest BCUT2D eigenvalue weighted by Crippen LogP contribution is -2.39. The van der Waals surface area contributed by atoms with Crippen molar-refractivity contribution in [2.75, 3.05) is 20.1 Å². The molecular formula is C22H26N4O. The van der Waals surface area contributed by atoms with Crippen LogP contribution in [0.1, 0.15) is 16.8 Å². The van der Waals surface area contributed by atoms with Crippen LogP contribution in [-0.4, -0.2) is 31.1 Å². The molecule has 0 spiro atoms. The van der Waals surface area contributed by atoms with E-state index in [4.69, 9.17) is 4.42 Å². The lowest BCUT2D eigenvalue weighted by Gasteiger charge is -2.11. The molecule has 0 amide bonds. The van der Waals surface area contributed by atoms with Crippen molar-refractivity contribution in [2.45, 2.75) is 19.8 Å². The van der Waals surface area contributed by atoms with Gasteiger partial charge in [0.05, 0.1) is 5.69 Å². The molecule has 0 aliphatic heterocycles. The first-order valence-corrected chi connectivity index (χ1v) is 9.24. The van der Waals surface area contributed by atoms with Crippen LogP contribution in [0.15, 0.2) is 70.3 Å². The molecular weight excluding hydrogens is 336 g/mol. The van der Waals surface area contributed by atoms with Gasteiger partial charge in [0.15, 0.2) is 5.96 Å². The van der Waals surface area contributed by atoms with Gasteiger partial charge in [0.25, 0.3) is 0 Å². The molecule has 0 bridgehead atoms. The number of hydrogen-bond donors (Lipinski definition) is 2. The van der Waals surface area contributed by atoms with Gasteiger partial charge in [-0.15, -0.1) is 0 Å². The Hall–Kier alpha value is -3.08. The Morgan fingerprint density at radius 2 is 1.67 bits per heavy atom. The second-order valence-corrected chi connectivity index (χ2v) is 6.42. The number of aliphatic imine (C=N–C) groups is 1. The van der Waals surface area contributed by atoms with Crippen LogP contribution in [0.4, 0.5) is 0 Å². The summed E-state index contributed by atoms with van der Waals surface area (Å²) in [5.74, 6) is 1.46. The Bertz CT molecular complexity index is 854. The van der Waals surface area contributed by atoms with E-state index < -0.39 is 0 Å². The quantitative estimate of drug-likeness (QED) is 0.498. The molecule has 5 heteroatoms. The molecule has 0 saturated heterocycles. The third-order valence-corrected chi connectivity index (χ3v) is 4.30. The average molecular weight is 362 g/mol.